The normalized spacial score (nSPS) is 21.4. The molecule has 1 aromatic rings. The molecule has 1 aliphatic heterocycles. The SMILES string of the molecule is CCc1nn(C)c(CN2CCNCC2C(C)(C)C)c1Cl. The molecule has 5 heteroatoms. The zero-order chi connectivity index (χ0) is 14.9. The quantitative estimate of drug-likeness (QED) is 0.930. The van der Waals surface area contributed by atoms with E-state index in [1.54, 1.807) is 0 Å². The second-order valence-electron chi connectivity index (χ2n) is 6.74. The molecule has 1 aliphatic rings. The molecular formula is C15H27ClN4. The Hall–Kier alpha value is -0.580. The van der Waals surface area contributed by atoms with Crippen LogP contribution < -0.4 is 5.32 Å². The minimum Gasteiger partial charge on any atom is -0.314 e. The van der Waals surface area contributed by atoms with E-state index in [1.165, 1.54) is 0 Å². The van der Waals surface area contributed by atoms with Crippen molar-refractivity contribution in [1.29, 1.82) is 0 Å². The van der Waals surface area contributed by atoms with Crippen molar-refractivity contribution in [1.82, 2.24) is 20.0 Å². The number of halogens is 1. The summed E-state index contributed by atoms with van der Waals surface area (Å²) in [6.45, 7) is 13.0. The van der Waals surface area contributed by atoms with Crippen molar-refractivity contribution in [3.05, 3.63) is 16.4 Å². The van der Waals surface area contributed by atoms with Gasteiger partial charge in [-0.3, -0.25) is 9.58 Å². The highest BCUT2D eigenvalue weighted by molar-refractivity contribution is 6.31. The van der Waals surface area contributed by atoms with Crippen LogP contribution in [0.5, 0.6) is 0 Å². The van der Waals surface area contributed by atoms with Gasteiger partial charge in [-0.15, -0.1) is 0 Å². The molecule has 0 amide bonds. The minimum atomic E-state index is 0.256. The van der Waals surface area contributed by atoms with Crippen LogP contribution in [0.1, 0.15) is 39.1 Å². The molecule has 1 aromatic heterocycles. The van der Waals surface area contributed by atoms with Crippen LogP contribution in [0.2, 0.25) is 5.02 Å². The largest absolute Gasteiger partial charge is 0.314 e. The Morgan fingerprint density at radius 3 is 2.65 bits per heavy atom. The number of hydrogen-bond donors (Lipinski definition) is 1. The summed E-state index contributed by atoms with van der Waals surface area (Å²) >= 11 is 6.49. The van der Waals surface area contributed by atoms with Gasteiger partial charge in [0.15, 0.2) is 0 Å². The van der Waals surface area contributed by atoms with Crippen LogP contribution >= 0.6 is 11.6 Å². The summed E-state index contributed by atoms with van der Waals surface area (Å²) in [5.74, 6) is 0. The zero-order valence-corrected chi connectivity index (χ0v) is 14.1. The molecular weight excluding hydrogens is 272 g/mol. The van der Waals surface area contributed by atoms with Crippen LogP contribution in [-0.4, -0.2) is 40.4 Å². The Morgan fingerprint density at radius 1 is 1.40 bits per heavy atom. The monoisotopic (exact) mass is 298 g/mol. The van der Waals surface area contributed by atoms with Crippen molar-refractivity contribution in [3.63, 3.8) is 0 Å². The van der Waals surface area contributed by atoms with E-state index in [0.29, 0.717) is 6.04 Å². The fourth-order valence-corrected chi connectivity index (χ4v) is 3.33. The van der Waals surface area contributed by atoms with Crippen LogP contribution in [0, 0.1) is 5.41 Å². The lowest BCUT2D eigenvalue weighted by Gasteiger charge is -2.43. The highest BCUT2D eigenvalue weighted by Gasteiger charge is 2.33. The first-order valence-electron chi connectivity index (χ1n) is 7.49. The molecule has 1 fully saturated rings. The maximum Gasteiger partial charge on any atom is 0.0863 e. The fraction of sp³-hybridized carbons (Fsp3) is 0.800. The van der Waals surface area contributed by atoms with E-state index in [2.05, 4.69) is 43.0 Å². The fourth-order valence-electron chi connectivity index (χ4n) is 2.97. The van der Waals surface area contributed by atoms with Gasteiger partial charge >= 0.3 is 0 Å². The van der Waals surface area contributed by atoms with Gasteiger partial charge in [0.25, 0.3) is 0 Å². The number of aromatic nitrogens is 2. The molecule has 0 bridgehead atoms. The molecule has 4 nitrogen and oxygen atoms in total. The average Bonchev–Trinajstić information content (AvgIpc) is 2.65. The predicted molar refractivity (Wildman–Crippen MR) is 84.1 cm³/mol. The third kappa shape index (κ3) is 3.18. The summed E-state index contributed by atoms with van der Waals surface area (Å²) in [5.41, 5.74) is 2.40. The first-order valence-corrected chi connectivity index (χ1v) is 7.87. The first-order chi connectivity index (χ1) is 9.34. The Morgan fingerprint density at radius 2 is 2.10 bits per heavy atom. The molecule has 114 valence electrons. The maximum absolute atomic E-state index is 6.49. The second-order valence-corrected chi connectivity index (χ2v) is 7.12. The molecule has 0 aliphatic carbocycles. The van der Waals surface area contributed by atoms with E-state index in [4.69, 9.17) is 11.6 Å². The van der Waals surface area contributed by atoms with Crippen LogP contribution in [0.25, 0.3) is 0 Å². The summed E-state index contributed by atoms with van der Waals surface area (Å²) in [6, 6.07) is 0.521. The average molecular weight is 299 g/mol. The number of hydrogen-bond acceptors (Lipinski definition) is 3. The van der Waals surface area contributed by atoms with Gasteiger partial charge in [-0.1, -0.05) is 39.3 Å². The molecule has 0 aromatic carbocycles. The number of rotatable bonds is 3. The van der Waals surface area contributed by atoms with E-state index in [1.807, 2.05) is 11.7 Å². The molecule has 1 N–H and O–H groups in total. The Bertz CT molecular complexity index is 461. The van der Waals surface area contributed by atoms with E-state index >= 15 is 0 Å². The van der Waals surface area contributed by atoms with Crippen molar-refractivity contribution in [2.45, 2.75) is 46.7 Å². The van der Waals surface area contributed by atoms with Crippen molar-refractivity contribution >= 4 is 11.6 Å². The zero-order valence-electron chi connectivity index (χ0n) is 13.3. The van der Waals surface area contributed by atoms with Gasteiger partial charge in [-0.2, -0.15) is 5.10 Å². The molecule has 0 saturated carbocycles. The summed E-state index contributed by atoms with van der Waals surface area (Å²) in [4.78, 5) is 2.54. The predicted octanol–water partition coefficient (Wildman–Crippen LogP) is 2.46. The number of aryl methyl sites for hydroxylation is 2. The van der Waals surface area contributed by atoms with Crippen LogP contribution in [-0.2, 0) is 20.0 Å². The van der Waals surface area contributed by atoms with Crippen molar-refractivity contribution < 1.29 is 0 Å². The van der Waals surface area contributed by atoms with Crippen LogP contribution in [0.3, 0.4) is 0 Å². The van der Waals surface area contributed by atoms with Gasteiger partial charge in [0.1, 0.15) is 0 Å². The van der Waals surface area contributed by atoms with Gasteiger partial charge in [0.2, 0.25) is 0 Å². The topological polar surface area (TPSA) is 33.1 Å². The lowest BCUT2D eigenvalue weighted by molar-refractivity contribution is 0.0669. The van der Waals surface area contributed by atoms with Gasteiger partial charge in [0.05, 0.1) is 16.4 Å². The summed E-state index contributed by atoms with van der Waals surface area (Å²) in [5, 5.41) is 8.88. The molecule has 1 unspecified atom stereocenters. The van der Waals surface area contributed by atoms with Crippen molar-refractivity contribution in [3.8, 4) is 0 Å². The highest BCUT2D eigenvalue weighted by atomic mass is 35.5. The first kappa shape index (κ1) is 15.8. The third-order valence-corrected chi connectivity index (χ3v) is 4.65. The smallest absolute Gasteiger partial charge is 0.0863 e. The Balaban J connectivity index is 2.21. The Kier molecular flexibility index (Phi) is 4.77. The molecule has 1 saturated heterocycles. The maximum atomic E-state index is 6.49. The van der Waals surface area contributed by atoms with E-state index in [0.717, 1.165) is 49.0 Å². The lowest BCUT2D eigenvalue weighted by atomic mass is 9.84. The molecule has 20 heavy (non-hydrogen) atoms. The summed E-state index contributed by atoms with van der Waals surface area (Å²) in [6.07, 6.45) is 0.886. The molecule has 1 atom stereocenters. The Labute approximate surface area is 127 Å². The number of piperazine rings is 1. The van der Waals surface area contributed by atoms with E-state index < -0.39 is 0 Å². The van der Waals surface area contributed by atoms with E-state index in [-0.39, 0.29) is 5.41 Å². The lowest BCUT2D eigenvalue weighted by Crippen LogP contribution is -2.56. The second kappa shape index (κ2) is 6.04. The molecule has 0 spiro atoms. The molecule has 2 rings (SSSR count). The standard InChI is InChI=1S/C15H27ClN4/c1-6-11-14(16)12(19(5)18-11)10-20-8-7-17-9-13(20)15(2,3)4/h13,17H,6-10H2,1-5H3. The van der Waals surface area contributed by atoms with Gasteiger partial charge < -0.3 is 5.32 Å². The molecule has 2 heterocycles. The number of nitrogens with one attached hydrogen (secondary N) is 1. The van der Waals surface area contributed by atoms with Crippen molar-refractivity contribution in [2.24, 2.45) is 12.5 Å². The summed E-state index contributed by atoms with van der Waals surface area (Å²) in [7, 11) is 1.99. The highest BCUT2D eigenvalue weighted by Crippen LogP contribution is 2.29. The van der Waals surface area contributed by atoms with Gasteiger partial charge in [-0.05, 0) is 11.8 Å². The minimum absolute atomic E-state index is 0.256. The third-order valence-electron chi connectivity index (χ3n) is 4.21. The summed E-state index contributed by atoms with van der Waals surface area (Å²) < 4.78 is 1.95. The van der Waals surface area contributed by atoms with Crippen LogP contribution in [0.15, 0.2) is 0 Å². The van der Waals surface area contributed by atoms with Crippen LogP contribution in [0.4, 0.5) is 0 Å². The molecule has 0 radical (unpaired) electrons. The van der Waals surface area contributed by atoms with E-state index in [9.17, 15) is 0 Å². The van der Waals surface area contributed by atoms with Gasteiger partial charge in [-0.25, -0.2) is 0 Å². The van der Waals surface area contributed by atoms with Gasteiger partial charge in [0, 0.05) is 39.3 Å². The number of nitrogens with zero attached hydrogens (tertiary/aromatic N) is 3. The van der Waals surface area contributed by atoms with Crippen molar-refractivity contribution in [2.75, 3.05) is 19.6 Å².